The van der Waals surface area contributed by atoms with Gasteiger partial charge in [-0.2, -0.15) is 0 Å². The SMILES string of the molecule is CC(C)c1ccc([C@H]2CC(=O)Nc3c(-c4ccccc4)csc32)cc1. The van der Waals surface area contributed by atoms with Crippen molar-refractivity contribution in [1.82, 2.24) is 0 Å². The molecule has 1 amide bonds. The Hall–Kier alpha value is -2.39. The smallest absolute Gasteiger partial charge is 0.225 e. The number of nitrogens with one attached hydrogen (secondary N) is 1. The zero-order valence-electron chi connectivity index (χ0n) is 14.5. The van der Waals surface area contributed by atoms with E-state index in [1.165, 1.54) is 16.0 Å². The molecule has 126 valence electrons. The second kappa shape index (κ2) is 6.49. The third kappa shape index (κ3) is 3.00. The van der Waals surface area contributed by atoms with Crippen molar-refractivity contribution < 1.29 is 4.79 Å². The molecule has 2 nitrogen and oxygen atoms in total. The largest absolute Gasteiger partial charge is 0.325 e. The lowest BCUT2D eigenvalue weighted by Crippen LogP contribution is -2.22. The minimum Gasteiger partial charge on any atom is -0.325 e. The van der Waals surface area contributed by atoms with Crippen LogP contribution in [0, 0.1) is 0 Å². The molecule has 0 fully saturated rings. The molecular formula is C22H21NOS. The van der Waals surface area contributed by atoms with Gasteiger partial charge in [0.15, 0.2) is 0 Å². The van der Waals surface area contributed by atoms with Crippen LogP contribution >= 0.6 is 11.3 Å². The molecule has 1 aromatic heterocycles. The first kappa shape index (κ1) is 16.1. The number of anilines is 1. The summed E-state index contributed by atoms with van der Waals surface area (Å²) in [6, 6.07) is 19.0. The van der Waals surface area contributed by atoms with Crippen molar-refractivity contribution in [1.29, 1.82) is 0 Å². The van der Waals surface area contributed by atoms with Crippen LogP contribution in [0.2, 0.25) is 0 Å². The molecule has 1 aliphatic rings. The van der Waals surface area contributed by atoms with E-state index in [1.807, 2.05) is 18.2 Å². The molecule has 25 heavy (non-hydrogen) atoms. The van der Waals surface area contributed by atoms with Crippen molar-refractivity contribution in [3.8, 4) is 11.1 Å². The first-order valence-corrected chi connectivity index (χ1v) is 9.58. The maximum atomic E-state index is 12.4. The van der Waals surface area contributed by atoms with E-state index in [0.29, 0.717) is 12.3 Å². The molecule has 0 spiro atoms. The number of amides is 1. The van der Waals surface area contributed by atoms with Crippen molar-refractivity contribution in [2.75, 3.05) is 5.32 Å². The second-order valence-electron chi connectivity index (χ2n) is 6.88. The molecule has 2 aromatic carbocycles. The van der Waals surface area contributed by atoms with E-state index in [1.54, 1.807) is 11.3 Å². The van der Waals surface area contributed by atoms with Crippen molar-refractivity contribution in [3.05, 3.63) is 76.0 Å². The van der Waals surface area contributed by atoms with Crippen LogP contribution in [-0.4, -0.2) is 5.91 Å². The van der Waals surface area contributed by atoms with Gasteiger partial charge in [-0.05, 0) is 22.6 Å². The first-order chi connectivity index (χ1) is 12.1. The lowest BCUT2D eigenvalue weighted by molar-refractivity contribution is -0.116. The number of benzene rings is 2. The molecule has 3 heteroatoms. The number of rotatable bonds is 3. The van der Waals surface area contributed by atoms with Crippen molar-refractivity contribution in [2.24, 2.45) is 0 Å². The normalized spacial score (nSPS) is 16.6. The minimum atomic E-state index is 0.0982. The van der Waals surface area contributed by atoms with Gasteiger partial charge in [-0.3, -0.25) is 4.79 Å². The highest BCUT2D eigenvalue weighted by Crippen LogP contribution is 2.46. The topological polar surface area (TPSA) is 29.1 Å². The van der Waals surface area contributed by atoms with Crippen LogP contribution in [0.15, 0.2) is 60.0 Å². The summed E-state index contributed by atoms with van der Waals surface area (Å²) in [6.07, 6.45) is 0.517. The fourth-order valence-electron chi connectivity index (χ4n) is 3.44. The Bertz CT molecular complexity index is 894. The molecule has 2 heterocycles. The van der Waals surface area contributed by atoms with Crippen LogP contribution in [0.1, 0.15) is 48.1 Å². The summed E-state index contributed by atoms with van der Waals surface area (Å²) in [5, 5.41) is 5.28. The maximum Gasteiger partial charge on any atom is 0.225 e. The number of carbonyl (C=O) groups is 1. The molecule has 3 aromatic rings. The van der Waals surface area contributed by atoms with Crippen LogP contribution in [0.3, 0.4) is 0 Å². The van der Waals surface area contributed by atoms with Crippen LogP contribution in [0.25, 0.3) is 11.1 Å². The van der Waals surface area contributed by atoms with Gasteiger partial charge in [-0.25, -0.2) is 0 Å². The summed E-state index contributed by atoms with van der Waals surface area (Å²) in [7, 11) is 0. The van der Waals surface area contributed by atoms with Gasteiger partial charge in [0, 0.05) is 28.2 Å². The van der Waals surface area contributed by atoms with Crippen LogP contribution < -0.4 is 5.32 Å². The van der Waals surface area contributed by atoms with E-state index in [-0.39, 0.29) is 11.8 Å². The van der Waals surface area contributed by atoms with Crippen LogP contribution in [0.4, 0.5) is 5.69 Å². The number of fused-ring (bicyclic) bond motifs is 1. The predicted octanol–water partition coefficient (Wildman–Crippen LogP) is 6.01. The molecular weight excluding hydrogens is 326 g/mol. The average molecular weight is 347 g/mol. The third-order valence-corrected chi connectivity index (χ3v) is 5.98. The predicted molar refractivity (Wildman–Crippen MR) is 105 cm³/mol. The zero-order chi connectivity index (χ0) is 17.4. The van der Waals surface area contributed by atoms with Gasteiger partial charge >= 0.3 is 0 Å². The van der Waals surface area contributed by atoms with E-state index in [9.17, 15) is 4.79 Å². The quantitative estimate of drug-likeness (QED) is 0.617. The zero-order valence-corrected chi connectivity index (χ0v) is 15.3. The molecule has 0 unspecified atom stereocenters. The van der Waals surface area contributed by atoms with Gasteiger partial charge < -0.3 is 5.32 Å². The Morgan fingerprint density at radius 1 is 1.04 bits per heavy atom. The van der Waals surface area contributed by atoms with Gasteiger partial charge in [0.25, 0.3) is 0 Å². The highest BCUT2D eigenvalue weighted by molar-refractivity contribution is 7.11. The summed E-state index contributed by atoms with van der Waals surface area (Å²) in [5.74, 6) is 0.763. The second-order valence-corrected chi connectivity index (χ2v) is 7.79. The Labute approximate surface area is 152 Å². The number of carbonyl (C=O) groups excluding carboxylic acids is 1. The molecule has 0 saturated carbocycles. The number of thiophene rings is 1. The summed E-state index contributed by atoms with van der Waals surface area (Å²) < 4.78 is 0. The monoisotopic (exact) mass is 347 g/mol. The molecule has 4 rings (SSSR count). The third-order valence-electron chi connectivity index (χ3n) is 4.88. The van der Waals surface area contributed by atoms with E-state index >= 15 is 0 Å². The first-order valence-electron chi connectivity index (χ1n) is 8.70. The molecule has 0 radical (unpaired) electrons. The molecule has 1 atom stereocenters. The molecule has 0 bridgehead atoms. The Balaban J connectivity index is 1.75. The number of hydrogen-bond acceptors (Lipinski definition) is 2. The average Bonchev–Trinajstić information content (AvgIpc) is 3.05. The lowest BCUT2D eigenvalue weighted by atomic mass is 9.88. The molecule has 1 N–H and O–H groups in total. The van der Waals surface area contributed by atoms with Crippen LogP contribution in [0.5, 0.6) is 0 Å². The Kier molecular flexibility index (Phi) is 4.18. The summed E-state index contributed by atoms with van der Waals surface area (Å²) in [4.78, 5) is 13.6. The van der Waals surface area contributed by atoms with E-state index < -0.39 is 0 Å². The van der Waals surface area contributed by atoms with Gasteiger partial charge in [0.1, 0.15) is 0 Å². The highest BCUT2D eigenvalue weighted by Gasteiger charge is 2.30. The van der Waals surface area contributed by atoms with Crippen molar-refractivity contribution in [2.45, 2.75) is 32.1 Å². The van der Waals surface area contributed by atoms with Gasteiger partial charge in [-0.1, -0.05) is 68.4 Å². The standard InChI is InChI=1S/C22H21NOS/c1-14(2)15-8-10-17(11-9-15)18-12-20(24)23-21-19(13-25-22(18)21)16-6-4-3-5-7-16/h3-11,13-14,18H,12H2,1-2H3,(H,23,24)/t18-/m1/s1. The maximum absolute atomic E-state index is 12.4. The fraction of sp³-hybridized carbons (Fsp3) is 0.227. The van der Waals surface area contributed by atoms with Gasteiger partial charge in [-0.15, -0.1) is 11.3 Å². The van der Waals surface area contributed by atoms with Crippen LogP contribution in [-0.2, 0) is 4.79 Å². The van der Waals surface area contributed by atoms with Gasteiger partial charge in [0.05, 0.1) is 5.69 Å². The van der Waals surface area contributed by atoms with Crippen molar-refractivity contribution >= 4 is 22.9 Å². The Morgan fingerprint density at radius 3 is 2.44 bits per heavy atom. The summed E-state index contributed by atoms with van der Waals surface area (Å²) in [6.45, 7) is 4.40. The van der Waals surface area contributed by atoms with E-state index in [2.05, 4.69) is 60.9 Å². The fourth-order valence-corrected chi connectivity index (χ4v) is 4.60. The minimum absolute atomic E-state index is 0.0982. The lowest BCUT2D eigenvalue weighted by Gasteiger charge is -2.24. The Morgan fingerprint density at radius 2 is 1.76 bits per heavy atom. The molecule has 1 aliphatic heterocycles. The molecule has 0 saturated heterocycles. The van der Waals surface area contributed by atoms with E-state index in [0.717, 1.165) is 16.8 Å². The summed E-state index contributed by atoms with van der Waals surface area (Å²) in [5.41, 5.74) is 5.82. The van der Waals surface area contributed by atoms with Crippen molar-refractivity contribution in [3.63, 3.8) is 0 Å². The number of hydrogen-bond donors (Lipinski definition) is 1. The molecule has 0 aliphatic carbocycles. The summed E-state index contributed by atoms with van der Waals surface area (Å²) >= 11 is 1.75. The van der Waals surface area contributed by atoms with Gasteiger partial charge in [0.2, 0.25) is 5.91 Å². The highest BCUT2D eigenvalue weighted by atomic mass is 32.1. The van der Waals surface area contributed by atoms with E-state index in [4.69, 9.17) is 0 Å².